The molecule has 7 nitrogen and oxygen atoms in total. The summed E-state index contributed by atoms with van der Waals surface area (Å²) in [7, 11) is 6.97. The van der Waals surface area contributed by atoms with Crippen molar-refractivity contribution in [3.05, 3.63) is 35.4 Å². The van der Waals surface area contributed by atoms with Crippen LogP contribution in [-0.2, 0) is 11.2 Å². The first-order valence-electron chi connectivity index (χ1n) is 9.92. The van der Waals surface area contributed by atoms with Crippen molar-refractivity contribution in [3.63, 3.8) is 0 Å². The molecule has 2 rings (SSSR count). The van der Waals surface area contributed by atoms with Gasteiger partial charge in [0.2, 0.25) is 5.91 Å². The van der Waals surface area contributed by atoms with E-state index in [0.717, 1.165) is 24.8 Å². The summed E-state index contributed by atoms with van der Waals surface area (Å²) in [6, 6.07) is 8.11. The molecular weight excluding hydrogens is 354 g/mol. The lowest BCUT2D eigenvalue weighted by Gasteiger charge is -2.18. The van der Waals surface area contributed by atoms with Gasteiger partial charge in [-0.1, -0.05) is 25.0 Å². The topological polar surface area (TPSA) is 77.0 Å². The normalized spacial score (nSPS) is 14.6. The molecule has 0 aromatic heterocycles. The number of amides is 2. The zero-order valence-corrected chi connectivity index (χ0v) is 17.5. The number of carbonyl (C=O) groups excluding carboxylic acids is 2. The Morgan fingerprint density at radius 3 is 2.46 bits per heavy atom. The summed E-state index contributed by atoms with van der Waals surface area (Å²) in [6.45, 7) is 0.802. The van der Waals surface area contributed by atoms with E-state index in [9.17, 15) is 9.59 Å². The zero-order valence-electron chi connectivity index (χ0n) is 17.5. The van der Waals surface area contributed by atoms with Crippen LogP contribution in [-0.4, -0.2) is 74.9 Å². The Balaban J connectivity index is 1.94. The smallest absolute Gasteiger partial charge is 0.253 e. The number of guanidine groups is 1. The highest BCUT2D eigenvalue weighted by atomic mass is 16.2. The molecule has 0 aliphatic heterocycles. The Kier molecular flexibility index (Phi) is 8.29. The van der Waals surface area contributed by atoms with Crippen molar-refractivity contribution in [1.82, 2.24) is 20.4 Å². The summed E-state index contributed by atoms with van der Waals surface area (Å²) in [6.07, 6.45) is 5.50. The number of aliphatic imine (C=N–C) groups is 1. The summed E-state index contributed by atoms with van der Waals surface area (Å²) < 4.78 is 0. The SMILES string of the molecule is CN(C)C(=O)CN=C(NCCc1cccc(C(=O)N(C)C)c1)NC1CCCC1. The largest absolute Gasteiger partial charge is 0.356 e. The van der Waals surface area contributed by atoms with Gasteiger partial charge in [-0.3, -0.25) is 9.59 Å². The van der Waals surface area contributed by atoms with Gasteiger partial charge in [-0.25, -0.2) is 4.99 Å². The highest BCUT2D eigenvalue weighted by molar-refractivity contribution is 5.94. The van der Waals surface area contributed by atoms with E-state index in [-0.39, 0.29) is 18.4 Å². The van der Waals surface area contributed by atoms with E-state index in [1.807, 2.05) is 24.3 Å². The van der Waals surface area contributed by atoms with Crippen molar-refractivity contribution < 1.29 is 9.59 Å². The second-order valence-electron chi connectivity index (χ2n) is 7.66. The first-order valence-corrected chi connectivity index (χ1v) is 9.92. The Hall–Kier alpha value is -2.57. The quantitative estimate of drug-likeness (QED) is 0.549. The first kappa shape index (κ1) is 21.7. The summed E-state index contributed by atoms with van der Waals surface area (Å²) in [5.41, 5.74) is 1.78. The van der Waals surface area contributed by atoms with E-state index >= 15 is 0 Å². The fourth-order valence-corrected chi connectivity index (χ4v) is 3.15. The third kappa shape index (κ3) is 6.87. The highest BCUT2D eigenvalue weighted by Crippen LogP contribution is 2.17. The summed E-state index contributed by atoms with van der Waals surface area (Å²) in [5.74, 6) is 0.659. The van der Waals surface area contributed by atoms with Gasteiger partial charge in [0.05, 0.1) is 0 Å². The molecule has 154 valence electrons. The van der Waals surface area contributed by atoms with Gasteiger partial charge in [0, 0.05) is 46.3 Å². The Labute approximate surface area is 168 Å². The van der Waals surface area contributed by atoms with Crippen LogP contribution < -0.4 is 10.6 Å². The number of nitrogens with zero attached hydrogens (tertiary/aromatic N) is 3. The molecule has 0 atom stereocenters. The molecule has 1 aliphatic carbocycles. The van der Waals surface area contributed by atoms with Gasteiger partial charge in [0.1, 0.15) is 6.54 Å². The zero-order chi connectivity index (χ0) is 20.5. The van der Waals surface area contributed by atoms with Crippen LogP contribution in [0.2, 0.25) is 0 Å². The van der Waals surface area contributed by atoms with Crippen LogP contribution in [0.15, 0.2) is 29.3 Å². The summed E-state index contributed by atoms with van der Waals surface area (Å²) in [4.78, 5) is 31.6. The number of likely N-dealkylation sites (N-methyl/N-ethyl adjacent to an activating group) is 1. The molecule has 1 aromatic rings. The third-order valence-corrected chi connectivity index (χ3v) is 4.85. The van der Waals surface area contributed by atoms with E-state index in [1.165, 1.54) is 12.8 Å². The van der Waals surface area contributed by atoms with E-state index in [1.54, 1.807) is 38.0 Å². The molecule has 0 unspecified atom stereocenters. The number of nitrogens with one attached hydrogen (secondary N) is 2. The fourth-order valence-electron chi connectivity index (χ4n) is 3.15. The first-order chi connectivity index (χ1) is 13.4. The van der Waals surface area contributed by atoms with Gasteiger partial charge < -0.3 is 20.4 Å². The molecule has 2 amide bonds. The molecule has 0 spiro atoms. The van der Waals surface area contributed by atoms with Crippen LogP contribution in [0.4, 0.5) is 0 Å². The molecule has 0 bridgehead atoms. The van der Waals surface area contributed by atoms with Gasteiger partial charge >= 0.3 is 0 Å². The molecule has 1 saturated carbocycles. The number of benzene rings is 1. The van der Waals surface area contributed by atoms with Crippen LogP contribution in [0.1, 0.15) is 41.6 Å². The number of carbonyl (C=O) groups is 2. The second-order valence-corrected chi connectivity index (χ2v) is 7.66. The maximum Gasteiger partial charge on any atom is 0.253 e. The standard InChI is InChI=1S/C21H33N5O2/c1-25(2)19(27)15-23-21(24-18-10-5-6-11-18)22-13-12-16-8-7-9-17(14-16)20(28)26(3)4/h7-9,14,18H,5-6,10-13,15H2,1-4H3,(H2,22,23,24). The molecule has 2 N–H and O–H groups in total. The minimum absolute atomic E-state index is 0.00200. The van der Waals surface area contributed by atoms with Gasteiger partial charge in [0.15, 0.2) is 5.96 Å². The van der Waals surface area contributed by atoms with E-state index < -0.39 is 0 Å². The molecular formula is C21H33N5O2. The summed E-state index contributed by atoms with van der Waals surface area (Å²) in [5, 5.41) is 6.78. The van der Waals surface area contributed by atoms with Crippen molar-refractivity contribution in [2.75, 3.05) is 41.3 Å². The predicted octanol–water partition coefficient (Wildman–Crippen LogP) is 1.50. The van der Waals surface area contributed by atoms with E-state index in [2.05, 4.69) is 15.6 Å². The Morgan fingerprint density at radius 1 is 1.11 bits per heavy atom. The maximum atomic E-state index is 12.1. The van der Waals surface area contributed by atoms with Crippen molar-refractivity contribution >= 4 is 17.8 Å². The Bertz CT molecular complexity index is 694. The van der Waals surface area contributed by atoms with Crippen LogP contribution in [0, 0.1) is 0 Å². The predicted molar refractivity (Wildman–Crippen MR) is 113 cm³/mol. The van der Waals surface area contributed by atoms with Crippen LogP contribution in [0.25, 0.3) is 0 Å². The molecule has 0 saturated heterocycles. The number of rotatable bonds is 7. The van der Waals surface area contributed by atoms with Gasteiger partial charge in [0.25, 0.3) is 5.91 Å². The van der Waals surface area contributed by atoms with Crippen LogP contribution in [0.5, 0.6) is 0 Å². The van der Waals surface area contributed by atoms with Gasteiger partial charge in [-0.05, 0) is 37.0 Å². The third-order valence-electron chi connectivity index (χ3n) is 4.85. The molecule has 28 heavy (non-hydrogen) atoms. The number of hydrogen-bond acceptors (Lipinski definition) is 3. The highest BCUT2D eigenvalue weighted by Gasteiger charge is 2.16. The van der Waals surface area contributed by atoms with Gasteiger partial charge in [-0.2, -0.15) is 0 Å². The molecule has 1 aliphatic rings. The number of hydrogen-bond donors (Lipinski definition) is 2. The fraction of sp³-hybridized carbons (Fsp3) is 0.571. The molecule has 0 heterocycles. The lowest BCUT2D eigenvalue weighted by molar-refractivity contribution is -0.127. The average molecular weight is 388 g/mol. The van der Waals surface area contributed by atoms with E-state index in [0.29, 0.717) is 24.1 Å². The van der Waals surface area contributed by atoms with Crippen LogP contribution >= 0.6 is 0 Å². The molecule has 1 fully saturated rings. The Morgan fingerprint density at radius 2 is 1.82 bits per heavy atom. The average Bonchev–Trinajstić information content (AvgIpc) is 3.18. The van der Waals surface area contributed by atoms with Gasteiger partial charge in [-0.15, -0.1) is 0 Å². The van der Waals surface area contributed by atoms with Crippen molar-refractivity contribution in [2.45, 2.75) is 38.1 Å². The molecule has 1 aromatic carbocycles. The maximum absolute atomic E-state index is 12.1. The van der Waals surface area contributed by atoms with E-state index in [4.69, 9.17) is 0 Å². The molecule has 7 heteroatoms. The van der Waals surface area contributed by atoms with Crippen molar-refractivity contribution in [3.8, 4) is 0 Å². The minimum atomic E-state index is -0.0255. The second kappa shape index (κ2) is 10.7. The lowest BCUT2D eigenvalue weighted by Crippen LogP contribution is -2.43. The molecule has 0 radical (unpaired) electrons. The van der Waals surface area contributed by atoms with Crippen molar-refractivity contribution in [1.29, 1.82) is 0 Å². The van der Waals surface area contributed by atoms with Crippen molar-refractivity contribution in [2.24, 2.45) is 4.99 Å². The monoisotopic (exact) mass is 387 g/mol. The lowest BCUT2D eigenvalue weighted by atomic mass is 10.1. The van der Waals surface area contributed by atoms with Crippen LogP contribution in [0.3, 0.4) is 0 Å². The summed E-state index contributed by atoms with van der Waals surface area (Å²) >= 11 is 0. The minimum Gasteiger partial charge on any atom is -0.356 e.